The van der Waals surface area contributed by atoms with E-state index >= 15 is 0 Å². The molecule has 68 valence electrons. The highest BCUT2D eigenvalue weighted by Gasteiger charge is 1.82. The minimum Gasteiger partial charge on any atom is -0.159 e. The summed E-state index contributed by atoms with van der Waals surface area (Å²) in [6.07, 6.45) is 3.42. The smallest absolute Gasteiger partial charge is 0.0525 e. The van der Waals surface area contributed by atoms with E-state index in [9.17, 15) is 0 Å². The molecule has 0 spiro atoms. The highest BCUT2D eigenvalue weighted by Crippen LogP contribution is 2.03. The molecule has 0 saturated carbocycles. The van der Waals surface area contributed by atoms with Crippen molar-refractivity contribution in [1.82, 2.24) is 10.2 Å². The van der Waals surface area contributed by atoms with E-state index in [1.54, 1.807) is 12.4 Å². The van der Waals surface area contributed by atoms with Crippen LogP contribution in [-0.4, -0.2) is 10.2 Å². The van der Waals surface area contributed by atoms with Crippen LogP contribution in [0.3, 0.4) is 0 Å². The third-order valence-electron chi connectivity index (χ3n) is 1.48. The molecule has 0 atom stereocenters. The molecule has 0 aromatic carbocycles. The zero-order valence-corrected chi connectivity index (χ0v) is 8.62. The number of nitrogens with zero attached hydrogens (tertiary/aromatic N) is 2. The molecule has 1 aromatic heterocycles. The van der Waals surface area contributed by atoms with Crippen LogP contribution in [0.25, 0.3) is 0 Å². The van der Waals surface area contributed by atoms with Crippen LogP contribution in [0.1, 0.15) is 11.1 Å². The Morgan fingerprint density at radius 3 is 2.31 bits per heavy atom. The number of thiol groups is 1. The van der Waals surface area contributed by atoms with Gasteiger partial charge in [0.15, 0.2) is 0 Å². The van der Waals surface area contributed by atoms with Crippen LogP contribution in [0.15, 0.2) is 35.5 Å². The topological polar surface area (TPSA) is 25.8 Å². The van der Waals surface area contributed by atoms with Gasteiger partial charge in [0.1, 0.15) is 0 Å². The summed E-state index contributed by atoms with van der Waals surface area (Å²) < 4.78 is 0. The van der Waals surface area contributed by atoms with Crippen molar-refractivity contribution in [2.45, 2.75) is 18.7 Å². The largest absolute Gasteiger partial charge is 0.159 e. The summed E-state index contributed by atoms with van der Waals surface area (Å²) in [4.78, 5) is 0.915. The lowest BCUT2D eigenvalue weighted by molar-refractivity contribution is 1.03. The summed E-state index contributed by atoms with van der Waals surface area (Å²) in [5.41, 5.74) is 2.09. The van der Waals surface area contributed by atoms with Gasteiger partial charge in [-0.15, -0.1) is 12.6 Å². The number of aromatic nitrogens is 2. The molecule has 1 heterocycles. The summed E-state index contributed by atoms with van der Waals surface area (Å²) in [5.74, 6) is 0. The van der Waals surface area contributed by atoms with Gasteiger partial charge in [0, 0.05) is 4.90 Å². The van der Waals surface area contributed by atoms with Gasteiger partial charge in [0.25, 0.3) is 0 Å². The van der Waals surface area contributed by atoms with E-state index in [-0.39, 0.29) is 0 Å². The average Bonchev–Trinajstić information content (AvgIpc) is 2.08. The second-order valence-electron chi connectivity index (χ2n) is 2.88. The van der Waals surface area contributed by atoms with Crippen molar-refractivity contribution in [3.05, 3.63) is 41.7 Å². The molecule has 3 heteroatoms. The normalized spacial score (nSPS) is 9.15. The molecule has 1 aromatic rings. The zero-order valence-electron chi connectivity index (χ0n) is 7.73. The quantitative estimate of drug-likeness (QED) is 0.639. The Balaban J connectivity index is 3.31. The molecule has 13 heavy (non-hydrogen) atoms. The van der Waals surface area contributed by atoms with Gasteiger partial charge < -0.3 is 0 Å². The molecule has 0 N–H and O–H groups in total. The first-order valence-corrected chi connectivity index (χ1v) is 4.45. The molecule has 0 amide bonds. The second-order valence-corrected chi connectivity index (χ2v) is 3.40. The van der Waals surface area contributed by atoms with Gasteiger partial charge in [-0.3, -0.25) is 0 Å². The number of rotatable bonds is 0. The van der Waals surface area contributed by atoms with Crippen LogP contribution in [0, 0.1) is 13.8 Å². The van der Waals surface area contributed by atoms with Crippen LogP contribution in [-0.2, 0) is 0 Å². The predicted octanol–water partition coefficient (Wildman–Crippen LogP) is 2.51. The van der Waals surface area contributed by atoms with Crippen molar-refractivity contribution >= 4 is 12.6 Å². The van der Waals surface area contributed by atoms with Crippen molar-refractivity contribution in [3.63, 3.8) is 0 Å². The Kier molecular flexibility index (Phi) is 3.71. The lowest BCUT2D eigenvalue weighted by atomic mass is 10.3. The van der Waals surface area contributed by atoms with Crippen molar-refractivity contribution in [1.29, 1.82) is 0 Å². The van der Waals surface area contributed by atoms with Gasteiger partial charge >= 0.3 is 0 Å². The number of hydrogen-bond donors (Lipinski definition) is 1. The molecule has 0 aliphatic rings. The number of aryl methyl sites for hydroxylation is 2. The third-order valence-corrected chi connectivity index (χ3v) is 1.76. The Hall–Kier alpha value is -1.09. The average molecular weight is 192 g/mol. The number of hydrogen-bond acceptors (Lipinski definition) is 3. The van der Waals surface area contributed by atoms with Gasteiger partial charge in [0.05, 0.1) is 12.4 Å². The third kappa shape index (κ3) is 3.90. The fourth-order valence-corrected chi connectivity index (χ4v) is 1.11. The van der Waals surface area contributed by atoms with E-state index in [0.29, 0.717) is 0 Å². The molecule has 0 bridgehead atoms. The highest BCUT2D eigenvalue weighted by atomic mass is 32.1. The minimum atomic E-state index is 0.915. The Morgan fingerprint density at radius 1 is 1.00 bits per heavy atom. The van der Waals surface area contributed by atoms with E-state index in [4.69, 9.17) is 0 Å². The lowest BCUT2D eigenvalue weighted by Gasteiger charge is -1.88. The molecule has 1 rings (SSSR count). The molecule has 0 fully saturated rings. The summed E-state index contributed by atoms with van der Waals surface area (Å²) in [7, 11) is 0. The summed E-state index contributed by atoms with van der Waals surface area (Å²) >= 11 is 4.29. The molecular formula is C10H12N2S. The highest BCUT2D eigenvalue weighted by molar-refractivity contribution is 7.80. The van der Waals surface area contributed by atoms with Crippen LogP contribution in [0.5, 0.6) is 0 Å². The van der Waals surface area contributed by atoms with Crippen molar-refractivity contribution in [2.75, 3.05) is 0 Å². The SMILES string of the molecule is Cc1ccc(S)cc(C)cnnc1. The van der Waals surface area contributed by atoms with E-state index in [0.717, 1.165) is 16.0 Å². The van der Waals surface area contributed by atoms with Crippen molar-refractivity contribution < 1.29 is 0 Å². The molecule has 0 aliphatic heterocycles. The van der Waals surface area contributed by atoms with Crippen LogP contribution in [0.2, 0.25) is 0 Å². The fraction of sp³-hybridized carbons (Fsp3) is 0.200. The molecule has 0 unspecified atom stereocenters. The molecule has 0 aliphatic carbocycles. The summed E-state index contributed by atoms with van der Waals surface area (Å²) in [5, 5.41) is 7.74. The van der Waals surface area contributed by atoms with Crippen LogP contribution >= 0.6 is 12.6 Å². The van der Waals surface area contributed by atoms with Crippen LogP contribution < -0.4 is 0 Å². The standard InChI is InChI=1S/C10H12N2S/c1-8-3-4-10(13)5-9(2)7-12-11-6-8/h3-7,13H,1-2H3. The molecule has 0 saturated heterocycles. The summed E-state index contributed by atoms with van der Waals surface area (Å²) in [6.45, 7) is 3.93. The maximum atomic E-state index is 4.29. The van der Waals surface area contributed by atoms with Crippen molar-refractivity contribution in [2.24, 2.45) is 0 Å². The minimum absolute atomic E-state index is 0.915. The van der Waals surface area contributed by atoms with Gasteiger partial charge in [-0.05, 0) is 37.1 Å². The van der Waals surface area contributed by atoms with E-state index in [2.05, 4.69) is 22.8 Å². The van der Waals surface area contributed by atoms with E-state index < -0.39 is 0 Å². The van der Waals surface area contributed by atoms with Crippen LogP contribution in [0.4, 0.5) is 0 Å². The van der Waals surface area contributed by atoms with Gasteiger partial charge in [-0.2, -0.15) is 10.2 Å². The zero-order chi connectivity index (χ0) is 9.68. The molecule has 2 nitrogen and oxygen atoms in total. The maximum Gasteiger partial charge on any atom is 0.0525 e. The van der Waals surface area contributed by atoms with E-state index in [1.165, 1.54) is 0 Å². The molecule has 0 radical (unpaired) electrons. The monoisotopic (exact) mass is 192 g/mol. The second kappa shape index (κ2) is 4.82. The fourth-order valence-electron chi connectivity index (χ4n) is 0.827. The summed E-state index contributed by atoms with van der Waals surface area (Å²) in [6, 6.07) is 5.83. The Bertz CT molecular complexity index is 349. The first kappa shape index (κ1) is 9.99. The molecular weight excluding hydrogens is 180 g/mol. The maximum absolute atomic E-state index is 4.29. The van der Waals surface area contributed by atoms with Crippen molar-refractivity contribution in [3.8, 4) is 0 Å². The van der Waals surface area contributed by atoms with Gasteiger partial charge in [0.2, 0.25) is 0 Å². The van der Waals surface area contributed by atoms with Gasteiger partial charge in [-0.25, -0.2) is 0 Å². The Labute approximate surface area is 83.8 Å². The Morgan fingerprint density at radius 2 is 1.62 bits per heavy atom. The van der Waals surface area contributed by atoms with Gasteiger partial charge in [-0.1, -0.05) is 6.07 Å². The predicted molar refractivity (Wildman–Crippen MR) is 56.4 cm³/mol. The lowest BCUT2D eigenvalue weighted by Crippen LogP contribution is -1.76. The first-order chi connectivity index (χ1) is 6.18. The van der Waals surface area contributed by atoms with E-state index in [1.807, 2.05) is 32.0 Å². The first-order valence-electron chi connectivity index (χ1n) is 4.01.